The van der Waals surface area contributed by atoms with Gasteiger partial charge in [-0.2, -0.15) is 0 Å². The first-order valence-corrected chi connectivity index (χ1v) is 5.41. The van der Waals surface area contributed by atoms with Crippen LogP contribution in [-0.2, 0) is 4.79 Å². The number of likely N-dealkylation sites (N-methyl/N-ethyl adjacent to an activating group) is 1. The van der Waals surface area contributed by atoms with E-state index in [2.05, 4.69) is 9.97 Å². The third-order valence-corrected chi connectivity index (χ3v) is 2.96. The van der Waals surface area contributed by atoms with Crippen LogP contribution >= 0.6 is 0 Å². The van der Waals surface area contributed by atoms with Gasteiger partial charge in [0, 0.05) is 24.7 Å². The number of carboxylic acid groups (broad SMARTS) is 1. The van der Waals surface area contributed by atoms with Gasteiger partial charge in [0.1, 0.15) is 18.7 Å². The fourth-order valence-corrected chi connectivity index (χ4v) is 1.78. The molecule has 1 aromatic rings. The van der Waals surface area contributed by atoms with Crippen LogP contribution < -0.4 is 4.90 Å². The first kappa shape index (κ1) is 10.9. The molecule has 86 valence electrons. The number of nitrogens with zero attached hydrogens (tertiary/aromatic N) is 3. The van der Waals surface area contributed by atoms with Crippen molar-refractivity contribution in [1.82, 2.24) is 9.97 Å². The molecule has 1 heterocycles. The SMILES string of the molecule is CN(CC(=O)O)c1cc(C2CCC2)ncn1. The average Bonchev–Trinajstić information content (AvgIpc) is 2.14. The molecule has 16 heavy (non-hydrogen) atoms. The molecule has 0 spiro atoms. The Kier molecular flexibility index (Phi) is 3.03. The Balaban J connectivity index is 2.11. The predicted molar refractivity (Wildman–Crippen MR) is 59.5 cm³/mol. The van der Waals surface area contributed by atoms with Crippen LogP contribution in [0.15, 0.2) is 12.4 Å². The molecular formula is C11H15N3O2. The summed E-state index contributed by atoms with van der Waals surface area (Å²) in [6.07, 6.45) is 5.13. The smallest absolute Gasteiger partial charge is 0.323 e. The van der Waals surface area contributed by atoms with Gasteiger partial charge in [0.15, 0.2) is 0 Å². The van der Waals surface area contributed by atoms with E-state index in [0.717, 1.165) is 5.69 Å². The van der Waals surface area contributed by atoms with Crippen LogP contribution in [0.25, 0.3) is 0 Å². The number of aromatic nitrogens is 2. The largest absolute Gasteiger partial charge is 0.480 e. The van der Waals surface area contributed by atoms with E-state index in [1.54, 1.807) is 11.9 Å². The molecule has 0 bridgehead atoms. The van der Waals surface area contributed by atoms with E-state index in [1.165, 1.54) is 25.6 Å². The fourth-order valence-electron chi connectivity index (χ4n) is 1.78. The second kappa shape index (κ2) is 4.47. The highest BCUT2D eigenvalue weighted by molar-refractivity contribution is 5.72. The van der Waals surface area contributed by atoms with E-state index < -0.39 is 5.97 Å². The minimum absolute atomic E-state index is 0.0406. The first-order chi connectivity index (χ1) is 7.66. The Morgan fingerprint density at radius 2 is 2.31 bits per heavy atom. The summed E-state index contributed by atoms with van der Waals surface area (Å²) in [6.45, 7) is -0.0406. The Hall–Kier alpha value is -1.65. The van der Waals surface area contributed by atoms with E-state index >= 15 is 0 Å². The summed E-state index contributed by atoms with van der Waals surface area (Å²) in [7, 11) is 1.72. The minimum Gasteiger partial charge on any atom is -0.480 e. The molecule has 1 fully saturated rings. The normalized spacial score (nSPS) is 15.6. The number of aliphatic carboxylic acids is 1. The zero-order valence-corrected chi connectivity index (χ0v) is 9.26. The van der Waals surface area contributed by atoms with Crippen LogP contribution in [0.5, 0.6) is 0 Å². The Morgan fingerprint density at radius 3 is 2.88 bits per heavy atom. The molecule has 1 aliphatic carbocycles. The molecule has 0 radical (unpaired) electrons. The Bertz CT molecular complexity index is 391. The molecule has 1 aliphatic rings. The molecule has 0 saturated heterocycles. The van der Waals surface area contributed by atoms with Crippen LogP contribution in [0.2, 0.25) is 0 Å². The lowest BCUT2D eigenvalue weighted by molar-refractivity contribution is -0.135. The highest BCUT2D eigenvalue weighted by Crippen LogP contribution is 2.35. The topological polar surface area (TPSA) is 66.3 Å². The number of rotatable bonds is 4. The number of carboxylic acids is 1. The maximum absolute atomic E-state index is 10.6. The predicted octanol–water partition coefficient (Wildman–Crippen LogP) is 1.26. The molecule has 1 aromatic heterocycles. The summed E-state index contributed by atoms with van der Waals surface area (Å²) in [5.41, 5.74) is 1.04. The molecule has 0 aliphatic heterocycles. The quantitative estimate of drug-likeness (QED) is 0.829. The third kappa shape index (κ3) is 2.29. The van der Waals surface area contributed by atoms with E-state index in [0.29, 0.717) is 11.7 Å². The second-order valence-corrected chi connectivity index (χ2v) is 4.18. The first-order valence-electron chi connectivity index (χ1n) is 5.41. The Labute approximate surface area is 94.1 Å². The molecular weight excluding hydrogens is 206 g/mol. The van der Waals surface area contributed by atoms with Crippen molar-refractivity contribution < 1.29 is 9.90 Å². The van der Waals surface area contributed by atoms with Crippen LogP contribution in [-0.4, -0.2) is 34.6 Å². The van der Waals surface area contributed by atoms with E-state index in [-0.39, 0.29) is 6.54 Å². The summed E-state index contributed by atoms with van der Waals surface area (Å²) in [6, 6.07) is 1.90. The standard InChI is InChI=1S/C11H15N3O2/c1-14(6-11(15)16)10-5-9(12-7-13-10)8-3-2-4-8/h5,7-8H,2-4,6H2,1H3,(H,15,16). The molecule has 0 amide bonds. The van der Waals surface area contributed by atoms with Gasteiger partial charge < -0.3 is 10.0 Å². The van der Waals surface area contributed by atoms with E-state index in [9.17, 15) is 4.79 Å². The molecule has 1 saturated carbocycles. The van der Waals surface area contributed by atoms with Crippen molar-refractivity contribution in [3.63, 3.8) is 0 Å². The summed E-state index contributed by atoms with van der Waals surface area (Å²) in [4.78, 5) is 20.5. The number of anilines is 1. The molecule has 2 rings (SSSR count). The highest BCUT2D eigenvalue weighted by Gasteiger charge is 2.21. The number of hydrogen-bond acceptors (Lipinski definition) is 4. The van der Waals surface area contributed by atoms with Gasteiger partial charge in [-0.25, -0.2) is 9.97 Å². The van der Waals surface area contributed by atoms with Crippen LogP contribution in [0, 0.1) is 0 Å². The minimum atomic E-state index is -0.855. The van der Waals surface area contributed by atoms with Crippen LogP contribution in [0.1, 0.15) is 30.9 Å². The lowest BCUT2D eigenvalue weighted by Crippen LogP contribution is -2.26. The summed E-state index contributed by atoms with van der Waals surface area (Å²) < 4.78 is 0. The average molecular weight is 221 g/mol. The second-order valence-electron chi connectivity index (χ2n) is 4.18. The van der Waals surface area contributed by atoms with Crippen LogP contribution in [0.3, 0.4) is 0 Å². The third-order valence-electron chi connectivity index (χ3n) is 2.96. The maximum atomic E-state index is 10.6. The molecule has 1 N–H and O–H groups in total. The summed E-state index contributed by atoms with van der Waals surface area (Å²) in [5, 5.41) is 8.70. The van der Waals surface area contributed by atoms with Crippen LogP contribution in [0.4, 0.5) is 5.82 Å². The van der Waals surface area contributed by atoms with Crippen molar-refractivity contribution in [2.75, 3.05) is 18.5 Å². The van der Waals surface area contributed by atoms with Crippen molar-refractivity contribution in [1.29, 1.82) is 0 Å². The zero-order chi connectivity index (χ0) is 11.5. The van der Waals surface area contributed by atoms with Gasteiger partial charge in [0.05, 0.1) is 0 Å². The number of carbonyl (C=O) groups is 1. The lowest BCUT2D eigenvalue weighted by atomic mass is 9.83. The van der Waals surface area contributed by atoms with Gasteiger partial charge in [-0.3, -0.25) is 4.79 Å². The van der Waals surface area contributed by atoms with Gasteiger partial charge in [-0.1, -0.05) is 6.42 Å². The van der Waals surface area contributed by atoms with Gasteiger partial charge in [0.25, 0.3) is 0 Å². The van der Waals surface area contributed by atoms with Gasteiger partial charge >= 0.3 is 5.97 Å². The van der Waals surface area contributed by atoms with Crippen molar-refractivity contribution >= 4 is 11.8 Å². The maximum Gasteiger partial charge on any atom is 0.323 e. The molecule has 5 heteroatoms. The van der Waals surface area contributed by atoms with E-state index in [4.69, 9.17) is 5.11 Å². The lowest BCUT2D eigenvalue weighted by Gasteiger charge is -2.25. The van der Waals surface area contributed by atoms with Gasteiger partial charge in [0.2, 0.25) is 0 Å². The zero-order valence-electron chi connectivity index (χ0n) is 9.26. The van der Waals surface area contributed by atoms with E-state index in [1.807, 2.05) is 6.07 Å². The summed E-state index contributed by atoms with van der Waals surface area (Å²) >= 11 is 0. The Morgan fingerprint density at radius 1 is 1.56 bits per heavy atom. The molecule has 5 nitrogen and oxygen atoms in total. The molecule has 0 atom stereocenters. The van der Waals surface area contributed by atoms with Crippen molar-refractivity contribution in [3.8, 4) is 0 Å². The number of hydrogen-bond donors (Lipinski definition) is 1. The van der Waals surface area contributed by atoms with Crippen molar-refractivity contribution in [2.24, 2.45) is 0 Å². The fraction of sp³-hybridized carbons (Fsp3) is 0.545. The highest BCUT2D eigenvalue weighted by atomic mass is 16.4. The van der Waals surface area contributed by atoms with Crippen molar-refractivity contribution in [3.05, 3.63) is 18.1 Å². The van der Waals surface area contributed by atoms with Crippen molar-refractivity contribution in [2.45, 2.75) is 25.2 Å². The van der Waals surface area contributed by atoms with Gasteiger partial charge in [-0.05, 0) is 12.8 Å². The van der Waals surface area contributed by atoms with Gasteiger partial charge in [-0.15, -0.1) is 0 Å². The monoisotopic (exact) mass is 221 g/mol. The molecule has 0 aromatic carbocycles. The molecule has 0 unspecified atom stereocenters. The summed E-state index contributed by atoms with van der Waals surface area (Å²) in [5.74, 6) is 0.366.